The first kappa shape index (κ1) is 34.2. The lowest BCUT2D eigenvalue weighted by Gasteiger charge is -2.36. The fourth-order valence-electron chi connectivity index (χ4n) is 7.77. The van der Waals surface area contributed by atoms with E-state index in [1.807, 2.05) is 42.5 Å². The number of hydrogen-bond donors (Lipinski definition) is 4. The molecule has 2 amide bonds. The summed E-state index contributed by atoms with van der Waals surface area (Å²) in [6.07, 6.45) is 4.54. The zero-order valence-electron chi connectivity index (χ0n) is 26.8. The van der Waals surface area contributed by atoms with Gasteiger partial charge in [-0.3, -0.25) is 24.4 Å². The highest BCUT2D eigenvalue weighted by molar-refractivity contribution is 9.10. The van der Waals surface area contributed by atoms with Gasteiger partial charge >= 0.3 is 0 Å². The van der Waals surface area contributed by atoms with E-state index in [1.165, 1.54) is 10.5 Å². The highest BCUT2D eigenvalue weighted by Gasteiger charge is 2.56. The van der Waals surface area contributed by atoms with E-state index in [1.54, 1.807) is 24.4 Å². The summed E-state index contributed by atoms with van der Waals surface area (Å²) in [5.74, 6) is -2.65. The number of rotatable bonds is 11. The molecule has 9 nitrogen and oxygen atoms in total. The molecule has 0 radical (unpaired) electrons. The number of aliphatic hydroxyl groups excluding tert-OH is 3. The molecule has 2 aromatic carbocycles. The number of benzene rings is 2. The van der Waals surface area contributed by atoms with Gasteiger partial charge < -0.3 is 20.4 Å². The van der Waals surface area contributed by atoms with Crippen molar-refractivity contribution in [2.45, 2.75) is 50.8 Å². The number of hydrogen-bond acceptors (Lipinski definition) is 8. The Morgan fingerprint density at radius 3 is 2.44 bits per heavy atom. The van der Waals surface area contributed by atoms with E-state index in [4.69, 9.17) is 0 Å². The van der Waals surface area contributed by atoms with Crippen molar-refractivity contribution in [3.8, 4) is 5.75 Å². The average Bonchev–Trinajstić information content (AvgIpc) is 3.36. The largest absolute Gasteiger partial charge is 0.507 e. The van der Waals surface area contributed by atoms with Crippen LogP contribution in [0.4, 0.5) is 0 Å². The molecule has 0 bridgehead atoms. The van der Waals surface area contributed by atoms with Crippen LogP contribution in [0.25, 0.3) is 11.6 Å². The van der Waals surface area contributed by atoms with E-state index in [0.29, 0.717) is 41.7 Å². The van der Waals surface area contributed by atoms with Crippen LogP contribution < -0.4 is 0 Å². The Bertz CT molecular complexity index is 1670. The molecule has 3 aliphatic rings. The predicted molar refractivity (Wildman–Crippen MR) is 186 cm³/mol. The molecule has 48 heavy (non-hydrogen) atoms. The van der Waals surface area contributed by atoms with E-state index in [2.05, 4.69) is 37.9 Å². The molecule has 3 aromatic rings. The predicted octanol–water partition coefficient (Wildman–Crippen LogP) is 4.80. The van der Waals surface area contributed by atoms with Crippen LogP contribution in [0.15, 0.2) is 88.5 Å². The fraction of sp³-hybridized carbons (Fsp3) is 0.395. The maximum atomic E-state index is 14.0. The summed E-state index contributed by atoms with van der Waals surface area (Å²) < 4.78 is 0.801. The highest BCUT2D eigenvalue weighted by atomic mass is 79.9. The molecule has 0 unspecified atom stereocenters. The lowest BCUT2D eigenvalue weighted by atomic mass is 9.68. The molecule has 4 N–H and O–H groups in total. The number of halogens is 1. The number of aromatic hydroxyl groups is 1. The first-order chi connectivity index (χ1) is 23.3. The average molecular weight is 717 g/mol. The first-order valence-corrected chi connectivity index (χ1v) is 17.4. The molecule has 3 heterocycles. The second-order valence-corrected chi connectivity index (χ2v) is 13.9. The number of amides is 2. The van der Waals surface area contributed by atoms with Gasteiger partial charge in [-0.2, -0.15) is 0 Å². The van der Waals surface area contributed by atoms with E-state index >= 15 is 0 Å². The minimum atomic E-state index is -1.08. The number of imide groups is 1. The van der Waals surface area contributed by atoms with E-state index in [9.17, 15) is 30.0 Å². The second-order valence-electron chi connectivity index (χ2n) is 13.0. The Morgan fingerprint density at radius 2 is 1.75 bits per heavy atom. The monoisotopic (exact) mass is 715 g/mol. The van der Waals surface area contributed by atoms with Gasteiger partial charge in [-0.1, -0.05) is 52.3 Å². The Morgan fingerprint density at radius 1 is 1.00 bits per heavy atom. The Labute approximate surface area is 289 Å². The topological polar surface area (TPSA) is 134 Å². The van der Waals surface area contributed by atoms with Gasteiger partial charge in [0, 0.05) is 47.8 Å². The van der Waals surface area contributed by atoms with Crippen LogP contribution in [0.1, 0.15) is 48.9 Å². The fourth-order valence-corrected chi connectivity index (χ4v) is 8.15. The number of aliphatic hydroxyl groups is 3. The number of carbonyl (C=O) groups is 2. The molecule has 6 rings (SSSR count). The Balaban J connectivity index is 1.19. The van der Waals surface area contributed by atoms with E-state index in [-0.39, 0.29) is 43.1 Å². The Kier molecular flexibility index (Phi) is 10.9. The first-order valence-electron chi connectivity index (χ1n) is 16.6. The summed E-state index contributed by atoms with van der Waals surface area (Å²) >= 11 is 3.45. The van der Waals surface area contributed by atoms with Crippen molar-refractivity contribution in [3.05, 3.63) is 105 Å². The zero-order chi connectivity index (χ0) is 33.8. The number of phenols is 1. The van der Waals surface area contributed by atoms with Crippen LogP contribution in [-0.4, -0.2) is 85.5 Å². The smallest absolute Gasteiger partial charge is 0.234 e. The number of aromatic nitrogens is 1. The molecule has 2 fully saturated rings. The van der Waals surface area contributed by atoms with E-state index in [0.717, 1.165) is 29.7 Å². The van der Waals surface area contributed by atoms with Crippen LogP contribution in [0.2, 0.25) is 0 Å². The van der Waals surface area contributed by atoms with Crippen molar-refractivity contribution in [2.75, 3.05) is 26.3 Å². The number of likely N-dealkylation sites (tertiary alicyclic amines) is 2. The second kappa shape index (κ2) is 15.3. The van der Waals surface area contributed by atoms with Gasteiger partial charge in [0.2, 0.25) is 11.8 Å². The van der Waals surface area contributed by atoms with Crippen LogP contribution in [0.3, 0.4) is 0 Å². The van der Waals surface area contributed by atoms with Crippen molar-refractivity contribution in [2.24, 2.45) is 17.8 Å². The summed E-state index contributed by atoms with van der Waals surface area (Å²) in [5, 5.41) is 43.3. The third-order valence-corrected chi connectivity index (χ3v) is 10.6. The number of fused-ring (bicyclic) bond motifs is 1. The van der Waals surface area contributed by atoms with Gasteiger partial charge in [-0.15, -0.1) is 0 Å². The summed E-state index contributed by atoms with van der Waals surface area (Å²) in [7, 11) is 0. The van der Waals surface area contributed by atoms with Crippen molar-refractivity contribution in [3.63, 3.8) is 0 Å². The van der Waals surface area contributed by atoms with Crippen LogP contribution in [0, 0.1) is 17.8 Å². The number of nitrogens with zero attached hydrogens (tertiary/aromatic N) is 3. The minimum absolute atomic E-state index is 0.104. The van der Waals surface area contributed by atoms with Crippen molar-refractivity contribution in [1.82, 2.24) is 14.8 Å². The molecule has 252 valence electrons. The lowest BCUT2D eigenvalue weighted by molar-refractivity contribution is -0.144. The number of piperidine rings is 1. The van der Waals surface area contributed by atoms with Gasteiger partial charge in [-0.25, -0.2) is 0 Å². The summed E-state index contributed by atoms with van der Waals surface area (Å²) in [6.45, 7) is 1.56. The molecule has 1 aliphatic carbocycles. The lowest BCUT2D eigenvalue weighted by Crippen LogP contribution is -2.47. The number of allylic oxidation sites excluding steroid dienone is 1. The molecule has 1 aromatic heterocycles. The molecule has 10 heteroatoms. The number of carbonyl (C=O) groups excluding carboxylic acids is 2. The number of pyridine rings is 1. The van der Waals surface area contributed by atoms with Gasteiger partial charge in [0.1, 0.15) is 5.75 Å². The molecular formula is C38H42BrN3O6. The van der Waals surface area contributed by atoms with E-state index < -0.39 is 30.5 Å². The molecule has 2 aliphatic heterocycles. The SMILES string of the molecule is O=C1[C@@H]2[C@@H](CC(CO)=C([C@H](O)CC/C(=C/c3cc(Br)ccc3O)c3ccccn3)[C@@H]2CO)C(=O)N1C1CCN(Cc2ccccc2)CC1. The minimum Gasteiger partial charge on any atom is -0.507 e. The van der Waals surface area contributed by atoms with Crippen LogP contribution in [0.5, 0.6) is 5.75 Å². The molecule has 4 atom stereocenters. The standard InChI is InChI=1S/C38H42BrN3O6/c39-28-10-12-33(45)26(19-28)18-25(32-8-4-5-15-40-32)9-11-34(46)35-27(22-43)20-30-36(31(35)23-44)38(48)42(37(30)47)29-13-16-41(17-14-29)21-24-6-2-1-3-7-24/h1-8,10,12,15,18-19,29-31,34,36,43-46H,9,11,13-14,16-17,20-23H2/b25-18-/t30-,31+,34-,36-/m1/s1. The quantitative estimate of drug-likeness (QED) is 0.164. The van der Waals surface area contributed by atoms with Gasteiger partial charge in [-0.05, 0) is 90.8 Å². The van der Waals surface area contributed by atoms with Crippen molar-refractivity contribution in [1.29, 1.82) is 0 Å². The third kappa shape index (κ3) is 7.18. The van der Waals surface area contributed by atoms with Gasteiger partial charge in [0.05, 0.1) is 36.8 Å². The number of phenolic OH excluding ortho intramolecular Hbond substituents is 1. The third-order valence-electron chi connectivity index (χ3n) is 10.1. The summed E-state index contributed by atoms with van der Waals surface area (Å²) in [6, 6.07) is 20.7. The summed E-state index contributed by atoms with van der Waals surface area (Å²) in [4.78, 5) is 36.1. The van der Waals surface area contributed by atoms with Crippen molar-refractivity contribution >= 4 is 39.4 Å². The molecule has 0 saturated carbocycles. The van der Waals surface area contributed by atoms with Gasteiger partial charge in [0.25, 0.3) is 0 Å². The van der Waals surface area contributed by atoms with Crippen LogP contribution in [-0.2, 0) is 16.1 Å². The molecule has 2 saturated heterocycles. The highest BCUT2D eigenvalue weighted by Crippen LogP contribution is 2.47. The maximum Gasteiger partial charge on any atom is 0.234 e. The normalized spacial score (nSPS) is 23.1. The Hall–Kier alpha value is -3.67. The maximum absolute atomic E-state index is 14.0. The van der Waals surface area contributed by atoms with Crippen LogP contribution >= 0.6 is 15.9 Å². The van der Waals surface area contributed by atoms with Crippen molar-refractivity contribution < 1.29 is 30.0 Å². The molecule has 0 spiro atoms. The molecular weight excluding hydrogens is 674 g/mol. The zero-order valence-corrected chi connectivity index (χ0v) is 28.4. The summed E-state index contributed by atoms with van der Waals surface area (Å²) in [5.41, 5.74) is 4.24. The van der Waals surface area contributed by atoms with Gasteiger partial charge in [0.15, 0.2) is 0 Å².